The van der Waals surface area contributed by atoms with E-state index in [-0.39, 0.29) is 0 Å². The maximum Gasteiger partial charge on any atom is 0.113 e. The molecule has 0 saturated heterocycles. The molecule has 0 amide bonds. The molecule has 3 rings (SSSR count). The molecule has 2 aromatic heterocycles. The summed E-state index contributed by atoms with van der Waals surface area (Å²) in [5.41, 5.74) is 4.04. The summed E-state index contributed by atoms with van der Waals surface area (Å²) in [6, 6.07) is 12.0. The van der Waals surface area contributed by atoms with Gasteiger partial charge < -0.3 is 0 Å². The van der Waals surface area contributed by atoms with Crippen molar-refractivity contribution in [2.75, 3.05) is 0 Å². The Hall–Kier alpha value is -2.23. The third-order valence-electron chi connectivity index (χ3n) is 2.90. The minimum atomic E-state index is 0.909. The largest absolute Gasteiger partial charge is 0.261 e. The topological polar surface area (TPSA) is 43.6 Å². The van der Waals surface area contributed by atoms with Crippen LogP contribution in [0.2, 0.25) is 0 Å². The molecule has 0 bridgehead atoms. The zero-order valence-electron chi connectivity index (χ0n) is 10.2. The summed E-state index contributed by atoms with van der Waals surface area (Å²) in [5.74, 6) is 0. The lowest BCUT2D eigenvalue weighted by Gasteiger charge is -2.04. The zero-order chi connectivity index (χ0) is 12.4. The van der Waals surface area contributed by atoms with Gasteiger partial charge in [-0.05, 0) is 30.7 Å². The second-order valence-corrected chi connectivity index (χ2v) is 4.25. The Balaban J connectivity index is 2.11. The molecule has 0 spiro atoms. The van der Waals surface area contributed by atoms with Gasteiger partial charge in [0.2, 0.25) is 0 Å². The van der Waals surface area contributed by atoms with Gasteiger partial charge in [0.25, 0.3) is 0 Å². The highest BCUT2D eigenvalue weighted by atomic mass is 15.4. The lowest BCUT2D eigenvalue weighted by Crippen LogP contribution is -1.99. The van der Waals surface area contributed by atoms with Crippen molar-refractivity contribution in [2.24, 2.45) is 0 Å². The number of fused-ring (bicyclic) bond motifs is 1. The molecule has 90 valence electrons. The van der Waals surface area contributed by atoms with Crippen LogP contribution in [-0.4, -0.2) is 20.0 Å². The first-order chi connectivity index (χ1) is 8.88. The van der Waals surface area contributed by atoms with Crippen LogP contribution in [0.4, 0.5) is 0 Å². The first kappa shape index (κ1) is 10.9. The predicted octanol–water partition coefficient (Wildman–Crippen LogP) is 2.77. The normalized spacial score (nSPS) is 10.9. The van der Waals surface area contributed by atoms with E-state index < -0.39 is 0 Å². The highest BCUT2D eigenvalue weighted by Gasteiger charge is 2.06. The molecule has 0 aliphatic heterocycles. The molecular weight excluding hydrogens is 224 g/mol. The van der Waals surface area contributed by atoms with Crippen LogP contribution in [0.25, 0.3) is 16.7 Å². The van der Waals surface area contributed by atoms with Gasteiger partial charge in [-0.3, -0.25) is 4.98 Å². The Labute approximate surface area is 105 Å². The van der Waals surface area contributed by atoms with Crippen molar-refractivity contribution in [1.29, 1.82) is 0 Å². The van der Waals surface area contributed by atoms with Crippen molar-refractivity contribution in [1.82, 2.24) is 20.0 Å². The zero-order valence-corrected chi connectivity index (χ0v) is 10.2. The van der Waals surface area contributed by atoms with Crippen molar-refractivity contribution < 1.29 is 0 Å². The third-order valence-corrected chi connectivity index (χ3v) is 2.90. The summed E-state index contributed by atoms with van der Waals surface area (Å²) in [5, 5.41) is 8.37. The summed E-state index contributed by atoms with van der Waals surface area (Å²) >= 11 is 0. The molecule has 0 aliphatic rings. The van der Waals surface area contributed by atoms with Crippen LogP contribution in [-0.2, 0) is 6.42 Å². The molecule has 0 atom stereocenters. The lowest BCUT2D eigenvalue weighted by molar-refractivity contribution is 0.813. The SMILES string of the molecule is CCCc1cc(-n2nnc3ccccc32)ccn1. The van der Waals surface area contributed by atoms with E-state index in [9.17, 15) is 0 Å². The predicted molar refractivity (Wildman–Crippen MR) is 70.7 cm³/mol. The highest BCUT2D eigenvalue weighted by Crippen LogP contribution is 2.16. The van der Waals surface area contributed by atoms with Gasteiger partial charge in [-0.25, -0.2) is 4.68 Å². The van der Waals surface area contributed by atoms with Crippen molar-refractivity contribution >= 4 is 11.0 Å². The number of rotatable bonds is 3. The molecule has 0 N–H and O–H groups in total. The number of aryl methyl sites for hydroxylation is 1. The Morgan fingerprint density at radius 1 is 1.17 bits per heavy atom. The molecule has 18 heavy (non-hydrogen) atoms. The van der Waals surface area contributed by atoms with Crippen LogP contribution in [0, 0.1) is 0 Å². The van der Waals surface area contributed by atoms with Gasteiger partial charge in [-0.2, -0.15) is 0 Å². The number of hydrogen-bond donors (Lipinski definition) is 0. The minimum Gasteiger partial charge on any atom is -0.261 e. The summed E-state index contributed by atoms with van der Waals surface area (Å²) in [6.07, 6.45) is 3.91. The molecule has 4 nitrogen and oxygen atoms in total. The second kappa shape index (κ2) is 4.56. The molecule has 0 radical (unpaired) electrons. The van der Waals surface area contributed by atoms with Crippen LogP contribution in [0.15, 0.2) is 42.6 Å². The van der Waals surface area contributed by atoms with Gasteiger partial charge in [0, 0.05) is 11.9 Å². The number of benzene rings is 1. The smallest absolute Gasteiger partial charge is 0.113 e. The molecule has 0 unspecified atom stereocenters. The van der Waals surface area contributed by atoms with Crippen molar-refractivity contribution in [3.8, 4) is 5.69 Å². The summed E-state index contributed by atoms with van der Waals surface area (Å²) in [7, 11) is 0. The molecule has 4 heteroatoms. The van der Waals surface area contributed by atoms with E-state index in [0.29, 0.717) is 0 Å². The maximum atomic E-state index is 4.36. The van der Waals surface area contributed by atoms with Gasteiger partial charge in [-0.1, -0.05) is 30.7 Å². The van der Waals surface area contributed by atoms with E-state index >= 15 is 0 Å². The average molecular weight is 238 g/mol. The van der Waals surface area contributed by atoms with Gasteiger partial charge in [0.05, 0.1) is 11.2 Å². The Kier molecular flexibility index (Phi) is 2.76. The summed E-state index contributed by atoms with van der Waals surface area (Å²) in [6.45, 7) is 2.15. The second-order valence-electron chi connectivity index (χ2n) is 4.25. The lowest BCUT2D eigenvalue weighted by atomic mass is 10.2. The molecular formula is C14H14N4. The van der Waals surface area contributed by atoms with Gasteiger partial charge in [-0.15, -0.1) is 5.10 Å². The van der Waals surface area contributed by atoms with Gasteiger partial charge >= 0.3 is 0 Å². The van der Waals surface area contributed by atoms with E-state index in [4.69, 9.17) is 0 Å². The van der Waals surface area contributed by atoms with Crippen molar-refractivity contribution in [3.05, 3.63) is 48.3 Å². The van der Waals surface area contributed by atoms with Crippen molar-refractivity contribution in [3.63, 3.8) is 0 Å². The number of aromatic nitrogens is 4. The van der Waals surface area contributed by atoms with Crippen LogP contribution in [0.1, 0.15) is 19.0 Å². The van der Waals surface area contributed by atoms with Crippen LogP contribution >= 0.6 is 0 Å². The van der Waals surface area contributed by atoms with E-state index in [1.807, 2.05) is 41.2 Å². The van der Waals surface area contributed by atoms with Gasteiger partial charge in [0.1, 0.15) is 5.52 Å². The van der Waals surface area contributed by atoms with Crippen LogP contribution < -0.4 is 0 Å². The number of pyridine rings is 1. The average Bonchev–Trinajstić information content (AvgIpc) is 2.83. The van der Waals surface area contributed by atoms with E-state index in [1.54, 1.807) is 0 Å². The molecule has 0 fully saturated rings. The van der Waals surface area contributed by atoms with Crippen LogP contribution in [0.5, 0.6) is 0 Å². The Morgan fingerprint density at radius 3 is 2.94 bits per heavy atom. The standard InChI is InChI=1S/C14H14N4/c1-2-5-11-10-12(8-9-15-11)18-14-7-4-3-6-13(14)16-17-18/h3-4,6-10H,2,5H2,1H3. The maximum absolute atomic E-state index is 4.36. The Bertz CT molecular complexity index is 672. The van der Waals surface area contributed by atoms with E-state index in [2.05, 4.69) is 28.3 Å². The summed E-state index contributed by atoms with van der Waals surface area (Å²) in [4.78, 5) is 4.36. The summed E-state index contributed by atoms with van der Waals surface area (Å²) < 4.78 is 1.86. The highest BCUT2D eigenvalue weighted by molar-refractivity contribution is 5.75. The first-order valence-electron chi connectivity index (χ1n) is 6.14. The minimum absolute atomic E-state index is 0.909. The molecule has 3 aromatic rings. The number of nitrogens with zero attached hydrogens (tertiary/aromatic N) is 4. The molecule has 0 aliphatic carbocycles. The third kappa shape index (κ3) is 1.86. The Morgan fingerprint density at radius 2 is 2.06 bits per heavy atom. The molecule has 1 aromatic carbocycles. The fourth-order valence-electron chi connectivity index (χ4n) is 2.05. The fourth-order valence-corrected chi connectivity index (χ4v) is 2.05. The number of para-hydroxylation sites is 1. The van der Waals surface area contributed by atoms with E-state index in [1.165, 1.54) is 0 Å². The fraction of sp³-hybridized carbons (Fsp3) is 0.214. The van der Waals surface area contributed by atoms with Crippen molar-refractivity contribution in [2.45, 2.75) is 19.8 Å². The first-order valence-corrected chi connectivity index (χ1v) is 6.14. The van der Waals surface area contributed by atoms with Crippen LogP contribution in [0.3, 0.4) is 0 Å². The van der Waals surface area contributed by atoms with E-state index in [0.717, 1.165) is 35.3 Å². The number of hydrogen-bond acceptors (Lipinski definition) is 3. The molecule has 2 heterocycles. The molecule has 0 saturated carbocycles. The van der Waals surface area contributed by atoms with Gasteiger partial charge in [0.15, 0.2) is 0 Å². The quantitative estimate of drug-likeness (QED) is 0.704. The monoisotopic (exact) mass is 238 g/mol.